The molecule has 1 N–H and O–H groups in total. The third kappa shape index (κ3) is 2.30. The minimum absolute atomic E-state index is 0.664. The highest BCUT2D eigenvalue weighted by Gasteiger charge is 2.31. The van der Waals surface area contributed by atoms with Crippen LogP contribution in [-0.4, -0.2) is 13.1 Å². The summed E-state index contributed by atoms with van der Waals surface area (Å²) in [4.78, 5) is 0. The van der Waals surface area contributed by atoms with Gasteiger partial charge in [-0.3, -0.25) is 0 Å². The van der Waals surface area contributed by atoms with Gasteiger partial charge in [0.2, 0.25) is 0 Å². The predicted molar refractivity (Wildman–Crippen MR) is 69.8 cm³/mol. The Balaban J connectivity index is 1.98. The second-order valence-electron chi connectivity index (χ2n) is 5.38. The Labute approximate surface area is 99.3 Å². The summed E-state index contributed by atoms with van der Waals surface area (Å²) in [5.74, 6) is 1.56. The van der Waals surface area contributed by atoms with Gasteiger partial charge in [-0.25, -0.2) is 0 Å². The van der Waals surface area contributed by atoms with Gasteiger partial charge in [0.15, 0.2) is 0 Å². The fraction of sp³-hybridized carbons (Fsp3) is 0.600. The first-order valence-corrected chi connectivity index (χ1v) is 6.47. The van der Waals surface area contributed by atoms with Crippen LogP contribution < -0.4 is 5.32 Å². The van der Waals surface area contributed by atoms with Crippen LogP contribution in [0.2, 0.25) is 0 Å². The van der Waals surface area contributed by atoms with Crippen molar-refractivity contribution in [2.24, 2.45) is 5.92 Å². The van der Waals surface area contributed by atoms with E-state index in [2.05, 4.69) is 50.5 Å². The molecule has 0 aromatic heterocycles. The van der Waals surface area contributed by atoms with Crippen molar-refractivity contribution in [1.82, 2.24) is 5.32 Å². The van der Waals surface area contributed by atoms with Crippen LogP contribution in [0.15, 0.2) is 24.3 Å². The van der Waals surface area contributed by atoms with E-state index in [1.165, 1.54) is 19.3 Å². The zero-order valence-electron chi connectivity index (χ0n) is 10.7. The molecule has 1 aliphatic carbocycles. The minimum Gasteiger partial charge on any atom is -0.316 e. The Hall–Kier alpha value is -0.820. The van der Waals surface area contributed by atoms with Crippen LogP contribution in [0, 0.1) is 5.92 Å². The van der Waals surface area contributed by atoms with Crippen LogP contribution in [0.5, 0.6) is 0 Å². The highest BCUT2D eigenvalue weighted by atomic mass is 14.9. The molecule has 0 fully saturated rings. The molecular weight excluding hydrogens is 194 g/mol. The molecule has 0 saturated carbocycles. The van der Waals surface area contributed by atoms with Gasteiger partial charge >= 0.3 is 0 Å². The maximum atomic E-state index is 3.50. The van der Waals surface area contributed by atoms with Gasteiger partial charge in [0.05, 0.1) is 0 Å². The van der Waals surface area contributed by atoms with Crippen molar-refractivity contribution >= 4 is 0 Å². The Bertz CT molecular complexity index is 343. The van der Waals surface area contributed by atoms with E-state index in [1.54, 1.807) is 11.1 Å². The maximum absolute atomic E-state index is 3.50. The van der Waals surface area contributed by atoms with E-state index < -0.39 is 0 Å². The third-order valence-corrected chi connectivity index (χ3v) is 3.81. The predicted octanol–water partition coefficient (Wildman–Crippen LogP) is 3.35. The molecule has 0 aliphatic heterocycles. The average molecular weight is 217 g/mol. The number of hydrogen-bond acceptors (Lipinski definition) is 1. The van der Waals surface area contributed by atoms with Crippen LogP contribution >= 0.6 is 0 Å². The van der Waals surface area contributed by atoms with Crippen LogP contribution in [0.4, 0.5) is 0 Å². The van der Waals surface area contributed by atoms with E-state index in [4.69, 9.17) is 0 Å². The summed E-state index contributed by atoms with van der Waals surface area (Å²) < 4.78 is 0. The van der Waals surface area contributed by atoms with Crippen LogP contribution in [-0.2, 0) is 6.42 Å². The van der Waals surface area contributed by atoms with Gasteiger partial charge in [-0.2, -0.15) is 0 Å². The lowest BCUT2D eigenvalue weighted by molar-refractivity contribution is 0.372. The van der Waals surface area contributed by atoms with Gasteiger partial charge in [0, 0.05) is 12.0 Å². The van der Waals surface area contributed by atoms with E-state index in [9.17, 15) is 0 Å². The van der Waals surface area contributed by atoms with Crippen LogP contribution in [0.25, 0.3) is 0 Å². The number of benzene rings is 1. The smallest absolute Gasteiger partial charge is 0.0136 e. The van der Waals surface area contributed by atoms with Crippen LogP contribution in [0.3, 0.4) is 0 Å². The lowest BCUT2D eigenvalue weighted by atomic mass is 9.72. The molecule has 1 aromatic carbocycles. The lowest BCUT2D eigenvalue weighted by Gasteiger charge is -2.36. The lowest BCUT2D eigenvalue weighted by Crippen LogP contribution is -2.38. The van der Waals surface area contributed by atoms with Crippen LogP contribution in [0.1, 0.15) is 43.7 Å². The van der Waals surface area contributed by atoms with Gasteiger partial charge in [0.25, 0.3) is 0 Å². The van der Waals surface area contributed by atoms with Crippen molar-refractivity contribution in [2.75, 3.05) is 7.05 Å². The largest absolute Gasteiger partial charge is 0.316 e. The third-order valence-electron chi connectivity index (χ3n) is 3.81. The molecule has 0 saturated heterocycles. The van der Waals surface area contributed by atoms with E-state index in [1.807, 2.05) is 0 Å². The number of likely N-dealkylation sites (N-methyl/N-ethyl adjacent to an activating group) is 1. The fourth-order valence-electron chi connectivity index (χ4n) is 2.72. The quantitative estimate of drug-likeness (QED) is 0.797. The molecule has 0 spiro atoms. The van der Waals surface area contributed by atoms with Gasteiger partial charge in [0.1, 0.15) is 0 Å². The molecule has 2 unspecified atom stereocenters. The molecule has 2 rings (SSSR count). The Kier molecular flexibility index (Phi) is 3.65. The molecular formula is C15H23N. The first kappa shape index (κ1) is 11.7. The topological polar surface area (TPSA) is 12.0 Å². The van der Waals surface area contributed by atoms with E-state index in [0.29, 0.717) is 6.04 Å². The van der Waals surface area contributed by atoms with Gasteiger partial charge < -0.3 is 5.32 Å². The van der Waals surface area contributed by atoms with E-state index >= 15 is 0 Å². The van der Waals surface area contributed by atoms with Crippen molar-refractivity contribution in [3.05, 3.63) is 35.4 Å². The summed E-state index contributed by atoms with van der Waals surface area (Å²) in [7, 11) is 2.10. The monoisotopic (exact) mass is 217 g/mol. The number of hydrogen-bond donors (Lipinski definition) is 1. The van der Waals surface area contributed by atoms with E-state index in [-0.39, 0.29) is 0 Å². The number of nitrogens with one attached hydrogen (secondary N) is 1. The minimum atomic E-state index is 0.664. The summed E-state index contributed by atoms with van der Waals surface area (Å²) in [5.41, 5.74) is 3.13. The molecule has 2 atom stereocenters. The number of rotatable bonds is 5. The molecule has 16 heavy (non-hydrogen) atoms. The first-order valence-electron chi connectivity index (χ1n) is 6.47. The zero-order valence-corrected chi connectivity index (χ0v) is 10.7. The standard InChI is InChI=1S/C15H23N/c1-11(2)8-9-15(16-3)14-10-12-6-4-5-7-13(12)14/h4-7,11,14-16H,8-10H2,1-3H3. The number of fused-ring (bicyclic) bond motifs is 1. The zero-order chi connectivity index (χ0) is 11.5. The summed E-state index contributed by atoms with van der Waals surface area (Å²) in [6.07, 6.45) is 3.89. The van der Waals surface area contributed by atoms with E-state index in [0.717, 1.165) is 11.8 Å². The molecule has 1 aromatic rings. The molecule has 0 bridgehead atoms. The Morgan fingerprint density at radius 1 is 1.25 bits per heavy atom. The van der Waals surface area contributed by atoms with Crippen molar-refractivity contribution < 1.29 is 0 Å². The first-order chi connectivity index (χ1) is 7.72. The Morgan fingerprint density at radius 3 is 2.62 bits per heavy atom. The summed E-state index contributed by atoms with van der Waals surface area (Å²) in [6.45, 7) is 4.61. The van der Waals surface area contributed by atoms with Crippen molar-refractivity contribution in [2.45, 2.75) is 45.1 Å². The second-order valence-corrected chi connectivity index (χ2v) is 5.38. The second kappa shape index (κ2) is 5.01. The molecule has 1 nitrogen and oxygen atoms in total. The normalized spacial score (nSPS) is 20.4. The fourth-order valence-corrected chi connectivity index (χ4v) is 2.72. The molecule has 1 aliphatic rings. The molecule has 1 heteroatoms. The molecule has 0 radical (unpaired) electrons. The van der Waals surface area contributed by atoms with Gasteiger partial charge in [-0.1, -0.05) is 38.1 Å². The summed E-state index contributed by atoms with van der Waals surface area (Å²) >= 11 is 0. The summed E-state index contributed by atoms with van der Waals surface area (Å²) in [6, 6.07) is 9.54. The van der Waals surface area contributed by atoms with Crippen molar-refractivity contribution in [3.8, 4) is 0 Å². The highest BCUT2D eigenvalue weighted by Crippen LogP contribution is 2.38. The SMILES string of the molecule is CNC(CCC(C)C)C1Cc2ccccc21. The summed E-state index contributed by atoms with van der Waals surface area (Å²) in [5, 5.41) is 3.50. The van der Waals surface area contributed by atoms with Gasteiger partial charge in [-0.15, -0.1) is 0 Å². The molecule has 88 valence electrons. The molecule has 0 amide bonds. The molecule has 0 heterocycles. The highest BCUT2D eigenvalue weighted by molar-refractivity contribution is 5.41. The average Bonchev–Trinajstić information content (AvgIpc) is 2.24. The van der Waals surface area contributed by atoms with Gasteiger partial charge in [-0.05, 0) is 43.4 Å². The van der Waals surface area contributed by atoms with Crippen molar-refractivity contribution in [1.29, 1.82) is 0 Å². The maximum Gasteiger partial charge on any atom is 0.0136 e. The van der Waals surface area contributed by atoms with Crippen molar-refractivity contribution in [3.63, 3.8) is 0 Å². The Morgan fingerprint density at radius 2 is 2.00 bits per heavy atom.